The van der Waals surface area contributed by atoms with E-state index in [1.54, 1.807) is 7.05 Å². The Hall–Kier alpha value is -2.42. The van der Waals surface area contributed by atoms with Gasteiger partial charge >= 0.3 is 23.5 Å². The number of aromatic amines is 1. The number of ether oxygens (including phenoxy) is 1. The molecule has 7 atom stereocenters. The van der Waals surface area contributed by atoms with Crippen LogP contribution in [0, 0.1) is 0 Å². The zero-order chi connectivity index (χ0) is 29.5. The third kappa shape index (κ3) is 7.25. The van der Waals surface area contributed by atoms with Gasteiger partial charge in [0.15, 0.2) is 17.4 Å². The minimum Gasteiger partial charge on any atom is -0.387 e. The lowest BCUT2D eigenvalue weighted by Gasteiger charge is -2.20. The number of aromatic nitrogens is 7. The Bertz CT molecular complexity index is 1570. The van der Waals surface area contributed by atoms with Crippen molar-refractivity contribution in [3.05, 3.63) is 28.6 Å². The Labute approximate surface area is 222 Å². The van der Waals surface area contributed by atoms with E-state index >= 15 is 0 Å². The Morgan fingerprint density at radius 1 is 1.10 bits per heavy atom. The minimum atomic E-state index is -5.75. The third-order valence-corrected chi connectivity index (χ3v) is 9.43. The van der Waals surface area contributed by atoms with E-state index in [4.69, 9.17) is 10.5 Å². The normalized spacial score (nSPS) is 25.9. The van der Waals surface area contributed by atoms with Crippen molar-refractivity contribution in [2.24, 2.45) is 7.05 Å². The van der Waals surface area contributed by atoms with Gasteiger partial charge in [-0.05, 0) is 0 Å². The summed E-state index contributed by atoms with van der Waals surface area (Å²) in [5, 5.41) is 28.1. The molecule has 40 heavy (non-hydrogen) atoms. The van der Waals surface area contributed by atoms with Crippen LogP contribution in [0.5, 0.6) is 0 Å². The zero-order valence-corrected chi connectivity index (χ0v) is 22.8. The van der Waals surface area contributed by atoms with Gasteiger partial charge in [0.2, 0.25) is 5.95 Å². The first kappa shape index (κ1) is 30.5. The molecule has 1 aliphatic rings. The quantitative estimate of drug-likeness (QED) is 0.107. The van der Waals surface area contributed by atoms with Crippen LogP contribution >= 0.6 is 23.5 Å². The first-order valence-electron chi connectivity index (χ1n) is 10.8. The van der Waals surface area contributed by atoms with Crippen LogP contribution in [0.25, 0.3) is 11.2 Å². The second kappa shape index (κ2) is 11.5. The SMILES string of the molecule is Cn1cc(CCOP(=O)(O)OP(=O)(O)OP(=O)(O)OCC2OC(n3cnc4c(=O)[nH]c(N)nc43)C(O)C2O)nn1. The molecular weight excluding hydrogens is 609 g/mol. The van der Waals surface area contributed by atoms with Gasteiger partial charge in [0.05, 0.1) is 25.2 Å². The van der Waals surface area contributed by atoms with Gasteiger partial charge in [-0.15, -0.1) is 5.10 Å². The fraction of sp³-hybridized carbons (Fsp3) is 0.533. The molecule has 8 N–H and O–H groups in total. The lowest BCUT2D eigenvalue weighted by Crippen LogP contribution is -2.33. The molecule has 0 aliphatic carbocycles. The van der Waals surface area contributed by atoms with E-state index in [0.717, 1.165) is 10.9 Å². The molecule has 22 nitrogen and oxygen atoms in total. The second-order valence-electron chi connectivity index (χ2n) is 8.15. The van der Waals surface area contributed by atoms with E-state index in [0.29, 0.717) is 5.69 Å². The summed E-state index contributed by atoms with van der Waals surface area (Å²) in [5.41, 5.74) is 4.92. The number of aryl methyl sites for hydroxylation is 1. The first-order valence-corrected chi connectivity index (χ1v) is 15.3. The number of H-pyrrole nitrogens is 1. The van der Waals surface area contributed by atoms with Crippen LogP contribution in [-0.4, -0.2) is 90.9 Å². The van der Waals surface area contributed by atoms with Gasteiger partial charge in [0.1, 0.15) is 18.3 Å². The number of hydrogen-bond acceptors (Lipinski definition) is 16. The Morgan fingerprint density at radius 3 is 2.42 bits per heavy atom. The van der Waals surface area contributed by atoms with Crippen LogP contribution in [-0.2, 0) is 49.6 Å². The number of phosphoric ester groups is 2. The number of fused-ring (bicyclic) bond motifs is 1. The maximum atomic E-state index is 12.2. The molecule has 0 spiro atoms. The summed E-state index contributed by atoms with van der Waals surface area (Å²) < 4.78 is 61.2. The molecular formula is C15H23N8O14P3. The van der Waals surface area contributed by atoms with Crippen molar-refractivity contribution in [1.29, 1.82) is 0 Å². The Balaban J connectivity index is 1.33. The molecule has 0 aromatic carbocycles. The van der Waals surface area contributed by atoms with Gasteiger partial charge in [-0.2, -0.15) is 13.6 Å². The number of nitrogen functional groups attached to an aromatic ring is 1. The molecule has 3 aromatic rings. The van der Waals surface area contributed by atoms with Gasteiger partial charge in [-0.25, -0.2) is 18.7 Å². The number of nitrogens with zero attached hydrogens (tertiary/aromatic N) is 6. The smallest absolute Gasteiger partial charge is 0.387 e. The van der Waals surface area contributed by atoms with E-state index in [2.05, 4.69) is 42.9 Å². The van der Waals surface area contributed by atoms with Crippen molar-refractivity contribution in [3.63, 3.8) is 0 Å². The van der Waals surface area contributed by atoms with E-state index in [-0.39, 0.29) is 23.5 Å². The van der Waals surface area contributed by atoms with E-state index in [1.807, 2.05) is 0 Å². The molecule has 1 aliphatic heterocycles. The van der Waals surface area contributed by atoms with Crippen molar-refractivity contribution in [1.82, 2.24) is 34.5 Å². The average Bonchev–Trinajstić information content (AvgIpc) is 3.49. The Kier molecular flexibility index (Phi) is 8.75. The van der Waals surface area contributed by atoms with Crippen LogP contribution in [0.3, 0.4) is 0 Å². The highest BCUT2D eigenvalue weighted by molar-refractivity contribution is 7.66. The van der Waals surface area contributed by atoms with Gasteiger partial charge in [0, 0.05) is 19.7 Å². The topological polar surface area (TPSA) is 319 Å². The number of hydrogen-bond donors (Lipinski definition) is 7. The van der Waals surface area contributed by atoms with Gasteiger partial charge < -0.3 is 35.4 Å². The molecule has 1 fully saturated rings. The fourth-order valence-electron chi connectivity index (χ4n) is 3.49. The molecule has 3 aromatic heterocycles. The summed E-state index contributed by atoms with van der Waals surface area (Å²) >= 11 is 0. The lowest BCUT2D eigenvalue weighted by molar-refractivity contribution is -0.0503. The number of phosphoric acid groups is 3. The zero-order valence-electron chi connectivity index (χ0n) is 20.1. The molecule has 25 heteroatoms. The second-order valence-corrected chi connectivity index (χ2v) is 12.8. The summed E-state index contributed by atoms with van der Waals surface area (Å²) in [7, 11) is -15.0. The predicted molar refractivity (Wildman–Crippen MR) is 127 cm³/mol. The number of anilines is 1. The molecule has 0 amide bonds. The van der Waals surface area contributed by atoms with Crippen molar-refractivity contribution in [3.8, 4) is 0 Å². The third-order valence-electron chi connectivity index (χ3n) is 5.14. The number of nitrogens with one attached hydrogen (secondary N) is 1. The summed E-state index contributed by atoms with van der Waals surface area (Å²) in [6, 6.07) is 0. The van der Waals surface area contributed by atoms with Crippen LogP contribution in [0.2, 0.25) is 0 Å². The molecule has 7 unspecified atom stereocenters. The van der Waals surface area contributed by atoms with Crippen molar-refractivity contribution in [2.75, 3.05) is 18.9 Å². The summed E-state index contributed by atoms with van der Waals surface area (Å²) in [4.78, 5) is 51.1. The number of imidazole rings is 1. The summed E-state index contributed by atoms with van der Waals surface area (Å²) in [5.74, 6) is -0.274. The maximum Gasteiger partial charge on any atom is 0.490 e. The van der Waals surface area contributed by atoms with Crippen LogP contribution in [0.1, 0.15) is 11.9 Å². The van der Waals surface area contributed by atoms with Crippen LogP contribution in [0.15, 0.2) is 17.3 Å². The van der Waals surface area contributed by atoms with Gasteiger partial charge in [-0.1, -0.05) is 5.21 Å². The largest absolute Gasteiger partial charge is 0.490 e. The van der Waals surface area contributed by atoms with Crippen LogP contribution in [0.4, 0.5) is 5.95 Å². The predicted octanol–water partition coefficient (Wildman–Crippen LogP) is -1.94. The Morgan fingerprint density at radius 2 is 1.77 bits per heavy atom. The fourth-order valence-corrected chi connectivity index (χ4v) is 7.00. The van der Waals surface area contributed by atoms with Crippen molar-refractivity contribution in [2.45, 2.75) is 31.0 Å². The van der Waals surface area contributed by atoms with E-state index in [1.165, 1.54) is 10.9 Å². The monoisotopic (exact) mass is 632 g/mol. The number of nitrogens with two attached hydrogens (primary N) is 1. The molecule has 0 saturated carbocycles. The number of rotatable bonds is 12. The van der Waals surface area contributed by atoms with Crippen LogP contribution < -0.4 is 11.3 Å². The summed E-state index contributed by atoms with van der Waals surface area (Å²) in [6.07, 6.45) is -3.90. The molecule has 0 bridgehead atoms. The van der Waals surface area contributed by atoms with Crippen molar-refractivity contribution >= 4 is 40.6 Å². The molecule has 0 radical (unpaired) electrons. The summed E-state index contributed by atoms with van der Waals surface area (Å²) in [6.45, 7) is -1.51. The lowest BCUT2D eigenvalue weighted by atomic mass is 10.1. The average molecular weight is 632 g/mol. The highest BCUT2D eigenvalue weighted by Gasteiger charge is 2.47. The first-order chi connectivity index (χ1) is 18.6. The maximum absolute atomic E-state index is 12.2. The molecule has 1 saturated heterocycles. The molecule has 4 heterocycles. The standard InChI is InChI=1S/C15H23N8O14P3/c1-22-4-7(20-21-22)2-3-33-38(27,28)36-40(31,32)37-39(29,30)34-5-8-10(24)11(25)14(35-8)23-6-17-9-12(23)18-15(16)19-13(9)26/h4,6,8,10-11,14,24-25H,2-3,5H2,1H3,(H,27,28)(H,29,30)(H,31,32)(H3,16,18,19,26). The minimum absolute atomic E-state index is 0.0364. The molecule has 222 valence electrons. The number of aliphatic hydroxyl groups excluding tert-OH is 2. The van der Waals surface area contributed by atoms with Gasteiger partial charge in [0.25, 0.3) is 5.56 Å². The van der Waals surface area contributed by atoms with E-state index in [9.17, 15) is 43.4 Å². The van der Waals surface area contributed by atoms with Crippen molar-refractivity contribution < 1.29 is 61.0 Å². The highest BCUT2D eigenvalue weighted by atomic mass is 31.3. The van der Waals surface area contributed by atoms with Gasteiger partial charge in [-0.3, -0.25) is 28.1 Å². The van der Waals surface area contributed by atoms with E-state index < -0.39 is 66.8 Å². The molecule has 4 rings (SSSR count). The highest BCUT2D eigenvalue weighted by Crippen LogP contribution is 2.67. The number of aliphatic hydroxyl groups is 2.